The topological polar surface area (TPSA) is 29.3 Å². The second-order valence-electron chi connectivity index (χ2n) is 5.35. The van der Waals surface area contributed by atoms with E-state index < -0.39 is 0 Å². The molecule has 0 spiro atoms. The Morgan fingerprint density at radius 1 is 1.35 bits per heavy atom. The highest BCUT2D eigenvalue weighted by Crippen LogP contribution is 2.33. The molecule has 0 unspecified atom stereocenters. The first-order chi connectivity index (χ1) is 9.76. The van der Waals surface area contributed by atoms with Crippen LogP contribution < -0.4 is 0 Å². The zero-order chi connectivity index (χ0) is 13.9. The highest BCUT2D eigenvalue weighted by Gasteiger charge is 2.28. The van der Waals surface area contributed by atoms with Crippen molar-refractivity contribution in [3.8, 4) is 0 Å². The van der Waals surface area contributed by atoms with E-state index in [9.17, 15) is 0 Å². The summed E-state index contributed by atoms with van der Waals surface area (Å²) in [4.78, 5) is 3.81. The zero-order valence-corrected chi connectivity index (χ0v) is 12.8. The van der Waals surface area contributed by atoms with Crippen LogP contribution in [0.25, 0.3) is 0 Å². The van der Waals surface area contributed by atoms with Gasteiger partial charge in [-0.15, -0.1) is 11.8 Å². The average Bonchev–Trinajstić information content (AvgIpc) is 3.08. The van der Waals surface area contributed by atoms with Crippen molar-refractivity contribution in [3.63, 3.8) is 0 Å². The Bertz CT molecular complexity index is 564. The number of benzene rings is 1. The molecule has 0 amide bonds. The second kappa shape index (κ2) is 6.02. The van der Waals surface area contributed by atoms with Crippen molar-refractivity contribution < 1.29 is 4.52 Å². The molecular weight excluding hydrogens is 268 g/mol. The molecular formula is C16H20N2OS. The Balaban J connectivity index is 1.72. The lowest BCUT2D eigenvalue weighted by molar-refractivity contribution is 0.206. The van der Waals surface area contributed by atoms with Gasteiger partial charge in [-0.05, 0) is 50.3 Å². The van der Waals surface area contributed by atoms with Crippen LogP contribution in [0.1, 0.15) is 35.9 Å². The van der Waals surface area contributed by atoms with Gasteiger partial charge in [0.25, 0.3) is 0 Å². The minimum Gasteiger partial charge on any atom is -0.359 e. The number of thioether (sulfide) groups is 1. The molecule has 0 bridgehead atoms. The molecule has 20 heavy (non-hydrogen) atoms. The van der Waals surface area contributed by atoms with Gasteiger partial charge in [0.05, 0.1) is 11.7 Å². The molecule has 1 aliphatic heterocycles. The Labute approximate surface area is 124 Å². The van der Waals surface area contributed by atoms with Gasteiger partial charge in [-0.25, -0.2) is 0 Å². The van der Waals surface area contributed by atoms with Crippen molar-refractivity contribution in [1.29, 1.82) is 0 Å². The van der Waals surface area contributed by atoms with Gasteiger partial charge in [0, 0.05) is 17.5 Å². The summed E-state index contributed by atoms with van der Waals surface area (Å²) in [5, 5.41) is 4.02. The quantitative estimate of drug-likeness (QED) is 0.794. The summed E-state index contributed by atoms with van der Waals surface area (Å²) in [7, 11) is 0. The van der Waals surface area contributed by atoms with E-state index in [-0.39, 0.29) is 0 Å². The summed E-state index contributed by atoms with van der Waals surface area (Å²) in [6, 6.07) is 11.3. The standard InChI is InChI=1S/C16H20N2OS/c1-12-10-16(19-17-12)15-4-3-9-18(15)11-13-5-7-14(20-2)8-6-13/h5-8,10,15H,3-4,9,11H2,1-2H3/t15-/m0/s1. The van der Waals surface area contributed by atoms with Crippen LogP contribution in [0, 0.1) is 6.92 Å². The molecule has 3 rings (SSSR count). The summed E-state index contributed by atoms with van der Waals surface area (Å²) in [5.41, 5.74) is 2.34. The Hall–Kier alpha value is -1.26. The van der Waals surface area contributed by atoms with E-state index in [1.165, 1.54) is 16.9 Å². The SMILES string of the molecule is CSc1ccc(CN2CCC[C@H]2c2cc(C)no2)cc1. The number of aromatic nitrogens is 1. The minimum atomic E-state index is 0.386. The van der Waals surface area contributed by atoms with E-state index in [4.69, 9.17) is 4.52 Å². The first kappa shape index (κ1) is 13.7. The van der Waals surface area contributed by atoms with E-state index in [1.807, 2.05) is 6.92 Å². The van der Waals surface area contributed by atoms with Crippen LogP contribution in [-0.4, -0.2) is 22.9 Å². The Kier molecular flexibility index (Phi) is 4.13. The van der Waals surface area contributed by atoms with Crippen LogP contribution in [-0.2, 0) is 6.54 Å². The number of hydrogen-bond donors (Lipinski definition) is 0. The molecule has 1 aromatic heterocycles. The molecule has 1 aromatic carbocycles. The first-order valence-corrected chi connectivity index (χ1v) is 8.29. The summed E-state index contributed by atoms with van der Waals surface area (Å²) in [6.07, 6.45) is 4.50. The van der Waals surface area contributed by atoms with E-state index in [1.54, 1.807) is 11.8 Å². The maximum atomic E-state index is 5.46. The lowest BCUT2D eigenvalue weighted by atomic mass is 10.1. The lowest BCUT2D eigenvalue weighted by Crippen LogP contribution is -2.22. The highest BCUT2D eigenvalue weighted by molar-refractivity contribution is 7.98. The summed E-state index contributed by atoms with van der Waals surface area (Å²) in [6.45, 7) is 4.10. The fraction of sp³-hybridized carbons (Fsp3) is 0.438. The zero-order valence-electron chi connectivity index (χ0n) is 12.0. The minimum absolute atomic E-state index is 0.386. The van der Waals surface area contributed by atoms with Gasteiger partial charge in [0.1, 0.15) is 0 Å². The Morgan fingerprint density at radius 3 is 2.80 bits per heavy atom. The molecule has 3 nitrogen and oxygen atoms in total. The van der Waals surface area contributed by atoms with E-state index in [0.717, 1.165) is 31.0 Å². The Morgan fingerprint density at radius 2 is 2.15 bits per heavy atom. The van der Waals surface area contributed by atoms with Crippen molar-refractivity contribution >= 4 is 11.8 Å². The summed E-state index contributed by atoms with van der Waals surface area (Å²) >= 11 is 1.78. The van der Waals surface area contributed by atoms with Crippen LogP contribution in [0.5, 0.6) is 0 Å². The molecule has 0 aliphatic carbocycles. The van der Waals surface area contributed by atoms with Gasteiger partial charge in [0.15, 0.2) is 5.76 Å². The largest absolute Gasteiger partial charge is 0.359 e. The number of aryl methyl sites for hydroxylation is 1. The third kappa shape index (κ3) is 2.91. The monoisotopic (exact) mass is 288 g/mol. The van der Waals surface area contributed by atoms with Crippen molar-refractivity contribution in [2.45, 2.75) is 37.2 Å². The van der Waals surface area contributed by atoms with E-state index >= 15 is 0 Å². The third-order valence-electron chi connectivity index (χ3n) is 3.88. The third-order valence-corrected chi connectivity index (χ3v) is 4.63. The molecule has 106 valence electrons. The van der Waals surface area contributed by atoms with Gasteiger partial charge in [-0.3, -0.25) is 4.90 Å². The number of likely N-dealkylation sites (tertiary alicyclic amines) is 1. The van der Waals surface area contributed by atoms with Crippen LogP contribution in [0.4, 0.5) is 0 Å². The van der Waals surface area contributed by atoms with Crippen molar-refractivity contribution in [2.75, 3.05) is 12.8 Å². The van der Waals surface area contributed by atoms with E-state index in [2.05, 4.69) is 46.6 Å². The molecule has 2 heterocycles. The fourth-order valence-electron chi connectivity index (χ4n) is 2.84. The van der Waals surface area contributed by atoms with Gasteiger partial charge < -0.3 is 4.52 Å². The van der Waals surface area contributed by atoms with Crippen molar-refractivity contribution in [2.24, 2.45) is 0 Å². The first-order valence-electron chi connectivity index (χ1n) is 7.06. The van der Waals surface area contributed by atoms with E-state index in [0.29, 0.717) is 6.04 Å². The van der Waals surface area contributed by atoms with Crippen LogP contribution >= 0.6 is 11.8 Å². The molecule has 0 N–H and O–H groups in total. The smallest absolute Gasteiger partial charge is 0.154 e. The van der Waals surface area contributed by atoms with Gasteiger partial charge >= 0.3 is 0 Å². The van der Waals surface area contributed by atoms with Gasteiger partial charge in [-0.1, -0.05) is 17.3 Å². The summed E-state index contributed by atoms with van der Waals surface area (Å²) in [5.74, 6) is 1.01. The fourth-order valence-corrected chi connectivity index (χ4v) is 3.25. The highest BCUT2D eigenvalue weighted by atomic mass is 32.2. The molecule has 1 saturated heterocycles. The normalized spacial score (nSPS) is 19.6. The molecule has 2 aromatic rings. The second-order valence-corrected chi connectivity index (χ2v) is 6.23. The average molecular weight is 288 g/mol. The van der Waals surface area contributed by atoms with Crippen molar-refractivity contribution in [1.82, 2.24) is 10.1 Å². The molecule has 0 saturated carbocycles. The maximum Gasteiger partial charge on any atom is 0.154 e. The van der Waals surface area contributed by atoms with Crippen LogP contribution in [0.2, 0.25) is 0 Å². The van der Waals surface area contributed by atoms with Gasteiger partial charge in [-0.2, -0.15) is 0 Å². The molecule has 1 aliphatic rings. The maximum absolute atomic E-state index is 5.46. The number of hydrogen-bond acceptors (Lipinski definition) is 4. The van der Waals surface area contributed by atoms with Gasteiger partial charge in [0.2, 0.25) is 0 Å². The van der Waals surface area contributed by atoms with Crippen LogP contribution in [0.3, 0.4) is 0 Å². The predicted molar refractivity (Wildman–Crippen MR) is 81.8 cm³/mol. The van der Waals surface area contributed by atoms with Crippen LogP contribution in [0.15, 0.2) is 39.8 Å². The predicted octanol–water partition coefficient (Wildman–Crippen LogP) is 4.04. The van der Waals surface area contributed by atoms with Crippen molar-refractivity contribution in [3.05, 3.63) is 47.3 Å². The molecule has 1 fully saturated rings. The lowest BCUT2D eigenvalue weighted by Gasteiger charge is -2.22. The molecule has 4 heteroatoms. The number of nitrogens with zero attached hydrogens (tertiary/aromatic N) is 2. The number of rotatable bonds is 4. The molecule has 0 radical (unpaired) electrons. The summed E-state index contributed by atoms with van der Waals surface area (Å²) < 4.78 is 5.46. The molecule has 1 atom stereocenters.